The number of esters is 1. The van der Waals surface area contributed by atoms with Crippen LogP contribution in [-0.4, -0.2) is 13.1 Å². The highest BCUT2D eigenvalue weighted by Crippen LogP contribution is 2.33. The third-order valence-electron chi connectivity index (χ3n) is 4.63. The quantitative estimate of drug-likeness (QED) is 0.400. The summed E-state index contributed by atoms with van der Waals surface area (Å²) in [7, 11) is 1.32. The molecule has 0 atom stereocenters. The van der Waals surface area contributed by atoms with Crippen molar-refractivity contribution in [2.24, 2.45) is 0 Å². The molecule has 2 heterocycles. The fourth-order valence-electron chi connectivity index (χ4n) is 3.01. The third kappa shape index (κ3) is 3.69. The molecule has 6 nitrogen and oxygen atoms in total. The highest BCUT2D eigenvalue weighted by Gasteiger charge is 2.20. The number of aryl methyl sites for hydroxylation is 1. The van der Waals surface area contributed by atoms with Crippen LogP contribution in [0.3, 0.4) is 0 Å². The van der Waals surface area contributed by atoms with Gasteiger partial charge in [0.1, 0.15) is 12.2 Å². The SMILES string of the molecule is COC(=O)c1ccc(COc2c(-c3ccco3)oc3cc(C)c(Cl)cc3c2=O)cc1. The zero-order chi connectivity index (χ0) is 21.3. The van der Waals surface area contributed by atoms with Gasteiger partial charge in [0.15, 0.2) is 5.76 Å². The highest BCUT2D eigenvalue weighted by molar-refractivity contribution is 6.32. The summed E-state index contributed by atoms with van der Waals surface area (Å²) in [5, 5.41) is 0.779. The van der Waals surface area contributed by atoms with Gasteiger partial charge in [-0.25, -0.2) is 4.79 Å². The van der Waals surface area contributed by atoms with Crippen molar-refractivity contribution in [1.82, 2.24) is 0 Å². The van der Waals surface area contributed by atoms with Gasteiger partial charge in [-0.05, 0) is 54.4 Å². The van der Waals surface area contributed by atoms with Gasteiger partial charge in [-0.1, -0.05) is 23.7 Å². The summed E-state index contributed by atoms with van der Waals surface area (Å²) in [6.45, 7) is 1.92. The number of rotatable bonds is 5. The van der Waals surface area contributed by atoms with E-state index < -0.39 is 5.97 Å². The van der Waals surface area contributed by atoms with Crippen LogP contribution in [0.4, 0.5) is 0 Å². The van der Waals surface area contributed by atoms with Gasteiger partial charge in [-0.2, -0.15) is 0 Å². The standard InChI is InChI=1S/C23H17ClO6/c1-13-10-19-16(11-17(13)24)20(25)22(21(30-19)18-4-3-9-28-18)29-12-14-5-7-15(8-6-14)23(26)27-2/h3-11H,12H2,1-2H3. The second-order valence-corrected chi connectivity index (χ2v) is 7.05. The van der Waals surface area contributed by atoms with Crippen LogP contribution in [0.5, 0.6) is 5.75 Å². The zero-order valence-electron chi connectivity index (χ0n) is 16.2. The molecule has 7 heteroatoms. The Hall–Kier alpha value is -3.51. The molecule has 4 aromatic rings. The first-order valence-electron chi connectivity index (χ1n) is 9.09. The first-order valence-corrected chi connectivity index (χ1v) is 9.46. The molecule has 0 bridgehead atoms. The Balaban J connectivity index is 1.74. The summed E-state index contributed by atoms with van der Waals surface area (Å²) < 4.78 is 22.0. The van der Waals surface area contributed by atoms with Crippen molar-refractivity contribution in [2.45, 2.75) is 13.5 Å². The molecule has 0 aliphatic carbocycles. The number of hydrogen-bond donors (Lipinski definition) is 0. The Morgan fingerprint density at radius 2 is 1.90 bits per heavy atom. The predicted octanol–water partition coefficient (Wildman–Crippen LogP) is 5.38. The van der Waals surface area contributed by atoms with E-state index in [1.165, 1.54) is 13.4 Å². The molecule has 4 rings (SSSR count). The van der Waals surface area contributed by atoms with E-state index >= 15 is 0 Å². The summed E-state index contributed by atoms with van der Waals surface area (Å²) in [6, 6.07) is 13.4. The molecule has 0 fully saturated rings. The summed E-state index contributed by atoms with van der Waals surface area (Å²) in [5.41, 5.74) is 2.01. The van der Waals surface area contributed by atoms with Gasteiger partial charge in [0, 0.05) is 5.02 Å². The lowest BCUT2D eigenvalue weighted by Crippen LogP contribution is -2.10. The number of hydrogen-bond acceptors (Lipinski definition) is 6. The highest BCUT2D eigenvalue weighted by atomic mass is 35.5. The molecule has 152 valence electrons. The van der Waals surface area contributed by atoms with Crippen LogP contribution >= 0.6 is 11.6 Å². The van der Waals surface area contributed by atoms with Gasteiger partial charge < -0.3 is 18.3 Å². The summed E-state index contributed by atoms with van der Waals surface area (Å²) >= 11 is 6.20. The fraction of sp³-hybridized carbons (Fsp3) is 0.130. The van der Waals surface area contributed by atoms with Crippen LogP contribution in [0, 0.1) is 6.92 Å². The van der Waals surface area contributed by atoms with Crippen molar-refractivity contribution < 1.29 is 23.1 Å². The second kappa shape index (κ2) is 8.08. The minimum absolute atomic E-state index is 0.0226. The van der Waals surface area contributed by atoms with E-state index in [1.807, 2.05) is 6.92 Å². The number of furan rings is 1. The average Bonchev–Trinajstić information content (AvgIpc) is 3.29. The maximum absolute atomic E-state index is 13.2. The molecule has 0 saturated carbocycles. The van der Waals surface area contributed by atoms with Crippen molar-refractivity contribution >= 4 is 28.5 Å². The number of halogens is 1. The normalized spacial score (nSPS) is 10.9. The number of benzene rings is 2. The van der Waals surface area contributed by atoms with E-state index in [0.717, 1.165) is 11.1 Å². The minimum Gasteiger partial charge on any atom is -0.481 e. The molecule has 0 saturated heterocycles. The molecule has 0 unspecified atom stereocenters. The van der Waals surface area contributed by atoms with Crippen LogP contribution < -0.4 is 10.2 Å². The van der Waals surface area contributed by atoms with E-state index in [9.17, 15) is 9.59 Å². The number of fused-ring (bicyclic) bond motifs is 1. The second-order valence-electron chi connectivity index (χ2n) is 6.64. The number of methoxy groups -OCH3 is 1. The Morgan fingerprint density at radius 1 is 1.13 bits per heavy atom. The number of carbonyl (C=O) groups is 1. The summed E-state index contributed by atoms with van der Waals surface area (Å²) in [4.78, 5) is 24.7. The van der Waals surface area contributed by atoms with Crippen molar-refractivity contribution in [3.8, 4) is 17.3 Å². The first kappa shape index (κ1) is 19.8. The van der Waals surface area contributed by atoms with Crippen LogP contribution in [0.1, 0.15) is 21.5 Å². The van der Waals surface area contributed by atoms with Gasteiger partial charge >= 0.3 is 5.97 Å². The predicted molar refractivity (Wildman–Crippen MR) is 112 cm³/mol. The van der Waals surface area contributed by atoms with Crippen LogP contribution in [-0.2, 0) is 11.3 Å². The third-order valence-corrected chi connectivity index (χ3v) is 5.04. The monoisotopic (exact) mass is 424 g/mol. The Labute approximate surface area is 176 Å². The molecule has 2 aromatic heterocycles. The van der Waals surface area contributed by atoms with Gasteiger partial charge in [0.25, 0.3) is 0 Å². The van der Waals surface area contributed by atoms with Crippen molar-refractivity contribution in [1.29, 1.82) is 0 Å². The molecule has 0 N–H and O–H groups in total. The van der Waals surface area contributed by atoms with Crippen molar-refractivity contribution in [2.75, 3.05) is 7.11 Å². The Kier molecular flexibility index (Phi) is 5.33. The van der Waals surface area contributed by atoms with E-state index in [1.54, 1.807) is 48.5 Å². The Morgan fingerprint density at radius 3 is 2.57 bits per heavy atom. The average molecular weight is 425 g/mol. The molecule has 0 amide bonds. The maximum atomic E-state index is 13.2. The van der Waals surface area contributed by atoms with Crippen LogP contribution in [0.15, 0.2) is 68.4 Å². The lowest BCUT2D eigenvalue weighted by atomic mass is 10.1. The van der Waals surface area contributed by atoms with Crippen LogP contribution in [0.2, 0.25) is 5.02 Å². The molecule has 0 aliphatic rings. The maximum Gasteiger partial charge on any atom is 0.337 e. The minimum atomic E-state index is -0.426. The molecule has 0 radical (unpaired) electrons. The zero-order valence-corrected chi connectivity index (χ0v) is 17.0. The van der Waals surface area contributed by atoms with Gasteiger partial charge in [0.2, 0.25) is 16.9 Å². The van der Waals surface area contributed by atoms with Crippen molar-refractivity contribution in [3.63, 3.8) is 0 Å². The fourth-order valence-corrected chi connectivity index (χ4v) is 3.17. The van der Waals surface area contributed by atoms with Gasteiger partial charge in [-0.15, -0.1) is 0 Å². The first-order chi connectivity index (χ1) is 14.5. The molecule has 30 heavy (non-hydrogen) atoms. The summed E-state index contributed by atoms with van der Waals surface area (Å²) in [5.74, 6) is 0.169. The van der Waals surface area contributed by atoms with E-state index in [0.29, 0.717) is 27.3 Å². The van der Waals surface area contributed by atoms with E-state index in [4.69, 9.17) is 29.9 Å². The molecular formula is C23H17ClO6. The Bertz CT molecular complexity index is 1270. The lowest BCUT2D eigenvalue weighted by molar-refractivity contribution is 0.0600. The lowest BCUT2D eigenvalue weighted by Gasteiger charge is -2.11. The van der Waals surface area contributed by atoms with E-state index in [2.05, 4.69) is 0 Å². The van der Waals surface area contributed by atoms with Gasteiger partial charge in [0.05, 0.1) is 24.3 Å². The molecule has 0 spiro atoms. The van der Waals surface area contributed by atoms with Gasteiger partial charge in [-0.3, -0.25) is 4.79 Å². The molecule has 2 aromatic carbocycles. The molecule has 0 aliphatic heterocycles. The largest absolute Gasteiger partial charge is 0.481 e. The summed E-state index contributed by atoms with van der Waals surface area (Å²) in [6.07, 6.45) is 1.49. The van der Waals surface area contributed by atoms with Crippen LogP contribution in [0.25, 0.3) is 22.5 Å². The van der Waals surface area contributed by atoms with E-state index in [-0.39, 0.29) is 23.5 Å². The topological polar surface area (TPSA) is 78.9 Å². The molecular weight excluding hydrogens is 408 g/mol. The smallest absolute Gasteiger partial charge is 0.337 e. The number of carbonyl (C=O) groups excluding carboxylic acids is 1. The number of ether oxygens (including phenoxy) is 2. The van der Waals surface area contributed by atoms with Crippen molar-refractivity contribution in [3.05, 3.63) is 86.7 Å².